The summed E-state index contributed by atoms with van der Waals surface area (Å²) in [6.07, 6.45) is -1.65. The second-order valence-electron chi connectivity index (χ2n) is 9.06. The molecular formula is C23H25F3N4O2S. The van der Waals surface area contributed by atoms with E-state index in [4.69, 9.17) is 4.74 Å². The van der Waals surface area contributed by atoms with Crippen molar-refractivity contribution in [3.05, 3.63) is 41.0 Å². The molecule has 2 fully saturated rings. The molecule has 176 valence electrons. The first kappa shape index (κ1) is 22.2. The van der Waals surface area contributed by atoms with Gasteiger partial charge in [0.2, 0.25) is 0 Å². The Kier molecular flexibility index (Phi) is 5.60. The minimum absolute atomic E-state index is 0.136. The molecule has 0 amide bonds. The van der Waals surface area contributed by atoms with Gasteiger partial charge in [0.15, 0.2) is 11.5 Å². The van der Waals surface area contributed by atoms with E-state index < -0.39 is 12.6 Å². The van der Waals surface area contributed by atoms with Crippen molar-refractivity contribution >= 4 is 27.4 Å². The van der Waals surface area contributed by atoms with E-state index in [1.165, 1.54) is 13.4 Å². The minimum atomic E-state index is -4.24. The Hall–Kier alpha value is -2.59. The summed E-state index contributed by atoms with van der Waals surface area (Å²) in [6, 6.07) is 7.10. The van der Waals surface area contributed by atoms with E-state index in [0.29, 0.717) is 16.0 Å². The molecular weight excluding hydrogens is 453 g/mol. The normalized spacial score (nSPS) is 21.5. The van der Waals surface area contributed by atoms with E-state index in [9.17, 15) is 18.3 Å². The van der Waals surface area contributed by atoms with Gasteiger partial charge >= 0.3 is 6.18 Å². The summed E-state index contributed by atoms with van der Waals surface area (Å²) in [5, 5.41) is 10.8. The lowest BCUT2D eigenvalue weighted by Crippen LogP contribution is -2.31. The van der Waals surface area contributed by atoms with Crippen LogP contribution in [0.4, 0.5) is 19.0 Å². The van der Waals surface area contributed by atoms with Crippen molar-refractivity contribution in [1.29, 1.82) is 0 Å². The van der Waals surface area contributed by atoms with Gasteiger partial charge in [0.1, 0.15) is 17.0 Å². The topological polar surface area (TPSA) is 61.7 Å². The van der Waals surface area contributed by atoms with Gasteiger partial charge in [-0.3, -0.25) is 4.90 Å². The molecule has 5 rings (SSSR count). The van der Waals surface area contributed by atoms with Crippen LogP contribution in [-0.2, 0) is 13.0 Å². The SMILES string of the molecule is COc1ccc(CN2CCC3(CCN(c4ncnc5sc(CC(F)(F)F)cc45)C3)C2)cc1O. The number of ether oxygens (including phenoxy) is 1. The largest absolute Gasteiger partial charge is 0.504 e. The number of phenolic OH excluding ortho intramolecular Hbond substituents is 1. The zero-order valence-corrected chi connectivity index (χ0v) is 19.0. The first-order valence-electron chi connectivity index (χ1n) is 10.9. The average Bonchev–Trinajstić information content (AvgIpc) is 3.45. The minimum Gasteiger partial charge on any atom is -0.504 e. The first-order chi connectivity index (χ1) is 15.7. The number of halogens is 3. The van der Waals surface area contributed by atoms with E-state index in [1.54, 1.807) is 18.2 Å². The Morgan fingerprint density at radius 3 is 2.73 bits per heavy atom. The van der Waals surface area contributed by atoms with Crippen LogP contribution in [0.25, 0.3) is 10.2 Å². The lowest BCUT2D eigenvalue weighted by Gasteiger charge is -2.25. The molecule has 2 aromatic heterocycles. The number of aromatic nitrogens is 2. The van der Waals surface area contributed by atoms with E-state index >= 15 is 0 Å². The van der Waals surface area contributed by atoms with Crippen molar-refractivity contribution in [1.82, 2.24) is 14.9 Å². The standard InChI is InChI=1S/C23H25F3N4O2S/c1-32-19-3-2-15(8-18(19)31)11-29-6-4-22(12-29)5-7-30(13-22)20-17-9-16(10-23(24,25)26)33-21(17)28-14-27-20/h2-3,8-9,14,31H,4-7,10-13H2,1H3. The van der Waals surface area contributed by atoms with Crippen LogP contribution < -0.4 is 9.64 Å². The number of alkyl halides is 3. The summed E-state index contributed by atoms with van der Waals surface area (Å²) in [4.78, 5) is 14.1. The number of hydrogen-bond donors (Lipinski definition) is 1. The van der Waals surface area contributed by atoms with E-state index in [0.717, 1.165) is 68.3 Å². The maximum Gasteiger partial charge on any atom is 0.393 e. The number of benzene rings is 1. The molecule has 33 heavy (non-hydrogen) atoms. The number of likely N-dealkylation sites (tertiary alicyclic amines) is 1. The van der Waals surface area contributed by atoms with E-state index in [1.807, 2.05) is 6.07 Å². The predicted molar refractivity (Wildman–Crippen MR) is 121 cm³/mol. The Morgan fingerprint density at radius 1 is 1.15 bits per heavy atom. The van der Waals surface area contributed by atoms with Gasteiger partial charge in [0.05, 0.1) is 18.9 Å². The van der Waals surface area contributed by atoms with Gasteiger partial charge in [-0.15, -0.1) is 11.3 Å². The molecule has 1 spiro atoms. The summed E-state index contributed by atoms with van der Waals surface area (Å²) in [5.41, 5.74) is 1.17. The van der Waals surface area contributed by atoms with Crippen LogP contribution in [-0.4, -0.2) is 59.4 Å². The van der Waals surface area contributed by atoms with Crippen molar-refractivity contribution in [2.45, 2.75) is 32.0 Å². The lowest BCUT2D eigenvalue weighted by molar-refractivity contribution is -0.126. The third-order valence-corrected chi connectivity index (χ3v) is 7.68. The smallest absolute Gasteiger partial charge is 0.393 e. The molecule has 2 aliphatic rings. The quantitative estimate of drug-likeness (QED) is 0.578. The number of rotatable bonds is 5. The number of fused-ring (bicyclic) bond motifs is 1. The maximum atomic E-state index is 12.9. The van der Waals surface area contributed by atoms with E-state index in [2.05, 4.69) is 19.8 Å². The second kappa shape index (κ2) is 8.32. The van der Waals surface area contributed by atoms with Gasteiger partial charge < -0.3 is 14.7 Å². The van der Waals surface area contributed by atoms with Crippen molar-refractivity contribution < 1.29 is 23.0 Å². The highest BCUT2D eigenvalue weighted by Gasteiger charge is 2.44. The summed E-state index contributed by atoms with van der Waals surface area (Å²) in [7, 11) is 1.53. The molecule has 0 aliphatic carbocycles. The third-order valence-electron chi connectivity index (χ3n) is 6.64. The molecule has 1 aromatic carbocycles. The number of aromatic hydroxyl groups is 1. The highest BCUT2D eigenvalue weighted by Crippen LogP contribution is 2.43. The Bertz CT molecular complexity index is 1170. The molecule has 0 bridgehead atoms. The average molecular weight is 479 g/mol. The molecule has 2 saturated heterocycles. The summed E-state index contributed by atoms with van der Waals surface area (Å²) < 4.78 is 43.7. The molecule has 1 unspecified atom stereocenters. The number of hydrogen-bond acceptors (Lipinski definition) is 7. The molecule has 4 heterocycles. The molecule has 3 aromatic rings. The van der Waals surface area contributed by atoms with Gasteiger partial charge in [-0.25, -0.2) is 9.97 Å². The van der Waals surface area contributed by atoms with Crippen LogP contribution in [0.3, 0.4) is 0 Å². The zero-order valence-electron chi connectivity index (χ0n) is 18.2. The van der Waals surface area contributed by atoms with Crippen molar-refractivity contribution in [2.24, 2.45) is 5.41 Å². The van der Waals surface area contributed by atoms with Crippen LogP contribution >= 0.6 is 11.3 Å². The molecule has 6 nitrogen and oxygen atoms in total. The van der Waals surface area contributed by atoms with Gasteiger partial charge in [-0.1, -0.05) is 6.07 Å². The second-order valence-corrected chi connectivity index (χ2v) is 10.2. The van der Waals surface area contributed by atoms with E-state index in [-0.39, 0.29) is 16.0 Å². The highest BCUT2D eigenvalue weighted by molar-refractivity contribution is 7.18. The monoisotopic (exact) mass is 478 g/mol. The molecule has 1 N–H and O–H groups in total. The number of anilines is 1. The fourth-order valence-electron chi connectivity index (χ4n) is 5.13. The lowest BCUT2D eigenvalue weighted by atomic mass is 9.86. The molecule has 10 heteroatoms. The third kappa shape index (κ3) is 4.59. The van der Waals surface area contributed by atoms with Crippen LogP contribution in [0.5, 0.6) is 11.5 Å². The summed E-state index contributed by atoms with van der Waals surface area (Å²) in [6.45, 7) is 4.31. The van der Waals surface area contributed by atoms with Gasteiger partial charge in [0.25, 0.3) is 0 Å². The molecule has 0 saturated carbocycles. The Morgan fingerprint density at radius 2 is 1.97 bits per heavy atom. The molecule has 2 aliphatic heterocycles. The Labute approximate surface area is 193 Å². The summed E-state index contributed by atoms with van der Waals surface area (Å²) in [5.74, 6) is 1.34. The Balaban J connectivity index is 1.29. The fraction of sp³-hybridized carbons (Fsp3) is 0.478. The van der Waals surface area contributed by atoms with Crippen LogP contribution in [0.1, 0.15) is 23.3 Å². The fourth-order valence-corrected chi connectivity index (χ4v) is 6.15. The summed E-state index contributed by atoms with van der Waals surface area (Å²) >= 11 is 1.09. The predicted octanol–water partition coefficient (Wildman–Crippen LogP) is 4.61. The first-order valence-corrected chi connectivity index (χ1v) is 11.7. The van der Waals surface area contributed by atoms with Gasteiger partial charge in [0, 0.05) is 36.5 Å². The molecule has 1 atom stereocenters. The number of thiophene rings is 1. The number of phenols is 1. The highest BCUT2D eigenvalue weighted by atomic mass is 32.1. The number of methoxy groups -OCH3 is 1. The number of nitrogens with zero attached hydrogens (tertiary/aromatic N) is 4. The van der Waals surface area contributed by atoms with Crippen molar-refractivity contribution in [2.75, 3.05) is 38.2 Å². The van der Waals surface area contributed by atoms with Crippen LogP contribution in [0.15, 0.2) is 30.6 Å². The van der Waals surface area contributed by atoms with Crippen LogP contribution in [0, 0.1) is 5.41 Å². The van der Waals surface area contributed by atoms with Crippen molar-refractivity contribution in [3.8, 4) is 11.5 Å². The van der Waals surface area contributed by atoms with Gasteiger partial charge in [-0.05, 0) is 43.1 Å². The molecule has 0 radical (unpaired) electrons. The maximum absolute atomic E-state index is 12.9. The zero-order chi connectivity index (χ0) is 23.2. The van der Waals surface area contributed by atoms with Gasteiger partial charge in [-0.2, -0.15) is 13.2 Å². The van der Waals surface area contributed by atoms with Crippen LogP contribution in [0.2, 0.25) is 0 Å². The van der Waals surface area contributed by atoms with Crippen molar-refractivity contribution in [3.63, 3.8) is 0 Å².